The summed E-state index contributed by atoms with van der Waals surface area (Å²) in [7, 11) is 1.83. The minimum Gasteiger partial charge on any atom is -0.391 e. The number of nitrogens with zero attached hydrogens (tertiary/aromatic N) is 2. The highest BCUT2D eigenvalue weighted by Gasteiger charge is 2.37. The van der Waals surface area contributed by atoms with Gasteiger partial charge in [0.15, 0.2) is 0 Å². The molecule has 1 amide bonds. The first-order valence-electron chi connectivity index (χ1n) is 7.42. The number of aliphatic hydroxyl groups excluding tert-OH is 1. The smallest absolute Gasteiger partial charge is 0.237 e. The molecule has 1 aromatic rings. The maximum Gasteiger partial charge on any atom is 0.237 e. The standard InChI is InChI=1S/C16H22F2N2O2/c1-10(2)19(3)9-16(22)20-8-12(21)7-15(20)13-6-11(17)4-5-14(13)18/h4-6,10,12,15,21H,7-9H2,1-3H3/t12-,15+/m0/s1. The molecule has 122 valence electrons. The van der Waals surface area contributed by atoms with Crippen LogP contribution in [0.2, 0.25) is 0 Å². The molecule has 4 nitrogen and oxygen atoms in total. The quantitative estimate of drug-likeness (QED) is 0.924. The number of rotatable bonds is 4. The van der Waals surface area contributed by atoms with E-state index in [4.69, 9.17) is 0 Å². The SMILES string of the molecule is CC(C)N(C)CC(=O)N1C[C@@H](O)C[C@@H]1c1cc(F)ccc1F. The maximum atomic E-state index is 14.0. The van der Waals surface area contributed by atoms with E-state index in [2.05, 4.69) is 0 Å². The van der Waals surface area contributed by atoms with Crippen LogP contribution in [-0.4, -0.2) is 53.1 Å². The molecular formula is C16H22F2N2O2. The first kappa shape index (κ1) is 16.8. The molecule has 1 aliphatic rings. The summed E-state index contributed by atoms with van der Waals surface area (Å²) in [6.07, 6.45) is -0.502. The van der Waals surface area contributed by atoms with Gasteiger partial charge in [0.25, 0.3) is 0 Å². The van der Waals surface area contributed by atoms with E-state index in [1.54, 1.807) is 0 Å². The number of carbonyl (C=O) groups excluding carboxylic acids is 1. The maximum absolute atomic E-state index is 14.0. The van der Waals surface area contributed by atoms with Gasteiger partial charge in [0.2, 0.25) is 5.91 Å². The molecule has 1 heterocycles. The number of halogens is 2. The van der Waals surface area contributed by atoms with Crippen LogP contribution in [-0.2, 0) is 4.79 Å². The second kappa shape index (κ2) is 6.71. The Hall–Kier alpha value is -1.53. The third kappa shape index (κ3) is 3.62. The van der Waals surface area contributed by atoms with Crippen molar-refractivity contribution < 1.29 is 18.7 Å². The van der Waals surface area contributed by atoms with E-state index < -0.39 is 23.8 Å². The highest BCUT2D eigenvalue weighted by atomic mass is 19.1. The predicted molar refractivity (Wildman–Crippen MR) is 79.2 cm³/mol. The second-order valence-electron chi connectivity index (χ2n) is 6.13. The molecule has 0 aliphatic carbocycles. The molecule has 0 bridgehead atoms. The molecule has 1 aliphatic heterocycles. The third-order valence-corrected chi connectivity index (χ3v) is 4.18. The number of amides is 1. The Morgan fingerprint density at radius 1 is 1.45 bits per heavy atom. The molecule has 0 saturated carbocycles. The first-order chi connectivity index (χ1) is 10.3. The summed E-state index contributed by atoms with van der Waals surface area (Å²) in [6.45, 7) is 4.26. The molecular weight excluding hydrogens is 290 g/mol. The Morgan fingerprint density at radius 2 is 2.14 bits per heavy atom. The molecule has 6 heteroatoms. The lowest BCUT2D eigenvalue weighted by Gasteiger charge is -2.28. The zero-order valence-corrected chi connectivity index (χ0v) is 13.1. The Bertz CT molecular complexity index is 551. The van der Waals surface area contributed by atoms with Crippen molar-refractivity contribution in [2.75, 3.05) is 20.1 Å². The monoisotopic (exact) mass is 312 g/mol. The summed E-state index contributed by atoms with van der Waals surface area (Å²) in [4.78, 5) is 15.8. The molecule has 0 unspecified atom stereocenters. The fraction of sp³-hybridized carbons (Fsp3) is 0.562. The van der Waals surface area contributed by atoms with Crippen molar-refractivity contribution in [1.82, 2.24) is 9.80 Å². The van der Waals surface area contributed by atoms with Crippen LogP contribution in [0.1, 0.15) is 31.9 Å². The normalized spacial score (nSPS) is 21.9. The van der Waals surface area contributed by atoms with Gasteiger partial charge in [-0.1, -0.05) is 0 Å². The average molecular weight is 312 g/mol. The highest BCUT2D eigenvalue weighted by Crippen LogP contribution is 2.34. The van der Waals surface area contributed by atoms with Gasteiger partial charge in [0.1, 0.15) is 11.6 Å². The van der Waals surface area contributed by atoms with Gasteiger partial charge >= 0.3 is 0 Å². The lowest BCUT2D eigenvalue weighted by atomic mass is 10.0. The summed E-state index contributed by atoms with van der Waals surface area (Å²) in [5.74, 6) is -1.30. The minimum absolute atomic E-state index is 0.122. The summed E-state index contributed by atoms with van der Waals surface area (Å²) in [5.41, 5.74) is 0.122. The van der Waals surface area contributed by atoms with Gasteiger partial charge in [-0.15, -0.1) is 0 Å². The van der Waals surface area contributed by atoms with E-state index in [0.29, 0.717) is 0 Å². The van der Waals surface area contributed by atoms with Gasteiger partial charge in [-0.05, 0) is 45.5 Å². The Labute approximate surface area is 129 Å². The second-order valence-corrected chi connectivity index (χ2v) is 6.13. The summed E-state index contributed by atoms with van der Waals surface area (Å²) in [6, 6.07) is 2.77. The topological polar surface area (TPSA) is 43.8 Å². The van der Waals surface area contributed by atoms with Gasteiger partial charge in [-0.2, -0.15) is 0 Å². The number of hydrogen-bond acceptors (Lipinski definition) is 3. The Balaban J connectivity index is 2.22. The molecule has 2 atom stereocenters. The zero-order chi connectivity index (χ0) is 16.4. The largest absolute Gasteiger partial charge is 0.391 e. The molecule has 0 aromatic heterocycles. The number of benzene rings is 1. The third-order valence-electron chi connectivity index (χ3n) is 4.18. The fourth-order valence-electron chi connectivity index (χ4n) is 2.64. The van der Waals surface area contributed by atoms with Crippen LogP contribution >= 0.6 is 0 Å². The summed E-state index contributed by atoms with van der Waals surface area (Å²) in [5, 5.41) is 9.86. The van der Waals surface area contributed by atoms with Crippen LogP contribution in [0, 0.1) is 11.6 Å². The molecule has 1 fully saturated rings. The number of hydrogen-bond donors (Lipinski definition) is 1. The fourth-order valence-corrected chi connectivity index (χ4v) is 2.64. The van der Waals surface area contributed by atoms with E-state index in [1.165, 1.54) is 4.90 Å². The van der Waals surface area contributed by atoms with Gasteiger partial charge in [-0.25, -0.2) is 8.78 Å². The minimum atomic E-state index is -0.721. The van der Waals surface area contributed by atoms with Crippen molar-refractivity contribution in [1.29, 1.82) is 0 Å². The zero-order valence-electron chi connectivity index (χ0n) is 13.1. The molecule has 0 spiro atoms. The number of β-amino-alcohol motifs (C(OH)–C–C–N with tert-alkyl or cyclic N) is 1. The van der Waals surface area contributed by atoms with Crippen molar-refractivity contribution >= 4 is 5.91 Å². The summed E-state index contributed by atoms with van der Waals surface area (Å²) >= 11 is 0. The van der Waals surface area contributed by atoms with Crippen LogP contribution in [0.3, 0.4) is 0 Å². The number of carbonyl (C=O) groups is 1. The lowest BCUT2D eigenvalue weighted by Crippen LogP contribution is -2.41. The van der Waals surface area contributed by atoms with E-state index in [0.717, 1.165) is 18.2 Å². The average Bonchev–Trinajstić information content (AvgIpc) is 2.83. The number of likely N-dealkylation sites (tertiary alicyclic amines) is 1. The van der Waals surface area contributed by atoms with Gasteiger partial charge < -0.3 is 10.0 Å². The molecule has 1 N–H and O–H groups in total. The predicted octanol–water partition coefficient (Wildman–Crippen LogP) is 1.94. The van der Waals surface area contributed by atoms with Crippen LogP contribution in [0.5, 0.6) is 0 Å². The van der Waals surface area contributed by atoms with Gasteiger partial charge in [0.05, 0.1) is 18.7 Å². The molecule has 0 radical (unpaired) electrons. The van der Waals surface area contributed by atoms with E-state index in [-0.39, 0.29) is 37.0 Å². The van der Waals surface area contributed by atoms with Crippen LogP contribution < -0.4 is 0 Å². The van der Waals surface area contributed by atoms with Crippen LogP contribution in [0.15, 0.2) is 18.2 Å². The number of aliphatic hydroxyl groups is 1. The first-order valence-corrected chi connectivity index (χ1v) is 7.42. The van der Waals surface area contributed by atoms with Crippen molar-refractivity contribution in [3.63, 3.8) is 0 Å². The highest BCUT2D eigenvalue weighted by molar-refractivity contribution is 5.79. The summed E-state index contributed by atoms with van der Waals surface area (Å²) < 4.78 is 27.4. The molecule has 1 aromatic carbocycles. The van der Waals surface area contributed by atoms with Crippen LogP contribution in [0.25, 0.3) is 0 Å². The van der Waals surface area contributed by atoms with Crippen molar-refractivity contribution in [2.24, 2.45) is 0 Å². The lowest BCUT2D eigenvalue weighted by molar-refractivity contribution is -0.133. The number of likely N-dealkylation sites (N-methyl/N-ethyl adjacent to an activating group) is 1. The van der Waals surface area contributed by atoms with E-state index in [1.807, 2.05) is 25.8 Å². The molecule has 22 heavy (non-hydrogen) atoms. The van der Waals surface area contributed by atoms with Gasteiger partial charge in [0, 0.05) is 18.2 Å². The molecule has 1 saturated heterocycles. The van der Waals surface area contributed by atoms with E-state index in [9.17, 15) is 18.7 Å². The van der Waals surface area contributed by atoms with Gasteiger partial charge in [-0.3, -0.25) is 9.69 Å². The van der Waals surface area contributed by atoms with Crippen LogP contribution in [0.4, 0.5) is 8.78 Å². The molecule has 2 rings (SSSR count). The van der Waals surface area contributed by atoms with Crippen molar-refractivity contribution in [2.45, 2.75) is 38.5 Å². The van der Waals surface area contributed by atoms with Crippen molar-refractivity contribution in [3.8, 4) is 0 Å². The van der Waals surface area contributed by atoms with Crippen molar-refractivity contribution in [3.05, 3.63) is 35.4 Å². The Morgan fingerprint density at radius 3 is 2.77 bits per heavy atom. The Kier molecular flexibility index (Phi) is 5.13. The van der Waals surface area contributed by atoms with E-state index >= 15 is 0 Å².